The molecule has 3 rings (SSSR count). The van der Waals surface area contributed by atoms with Crippen LogP contribution >= 0.6 is 0 Å². The molecule has 0 aliphatic rings. The first kappa shape index (κ1) is 15.8. The van der Waals surface area contributed by atoms with Gasteiger partial charge >= 0.3 is 0 Å². The smallest absolute Gasteiger partial charge is 0.263 e. The number of aromatic nitrogens is 2. The van der Waals surface area contributed by atoms with E-state index in [1.165, 1.54) is 4.90 Å². The number of hydrogen-bond donors (Lipinski definition) is 1. The molecule has 3 aromatic rings. The van der Waals surface area contributed by atoms with Crippen LogP contribution in [0.1, 0.15) is 5.56 Å². The van der Waals surface area contributed by atoms with Gasteiger partial charge in [0, 0.05) is 25.0 Å². The molecule has 0 radical (unpaired) electrons. The van der Waals surface area contributed by atoms with Crippen molar-refractivity contribution in [2.45, 2.75) is 6.10 Å². The third-order valence-corrected chi connectivity index (χ3v) is 3.60. The number of para-hydroxylation sites is 1. The second-order valence-electron chi connectivity index (χ2n) is 5.57. The summed E-state index contributed by atoms with van der Waals surface area (Å²) in [6.45, 7) is 0. The van der Waals surface area contributed by atoms with Gasteiger partial charge in [0.05, 0.1) is 17.4 Å². The predicted molar refractivity (Wildman–Crippen MR) is 92.6 cm³/mol. The highest BCUT2D eigenvalue weighted by Crippen LogP contribution is 2.18. The molecule has 2 aromatic carbocycles. The number of fused-ring (bicyclic) bond motifs is 1. The fourth-order valence-corrected chi connectivity index (χ4v) is 2.35. The van der Waals surface area contributed by atoms with Crippen LogP contribution in [0.2, 0.25) is 0 Å². The molecule has 0 saturated heterocycles. The number of amides is 1. The average Bonchev–Trinajstić information content (AvgIpc) is 3.03. The summed E-state index contributed by atoms with van der Waals surface area (Å²) in [5.74, 6) is 4.98. The van der Waals surface area contributed by atoms with Gasteiger partial charge in [-0.05, 0) is 24.3 Å². The van der Waals surface area contributed by atoms with Crippen LogP contribution in [-0.2, 0) is 4.79 Å². The molecule has 1 atom stereocenters. The Kier molecular flexibility index (Phi) is 4.32. The summed E-state index contributed by atoms with van der Waals surface area (Å²) < 4.78 is 1.84. The van der Waals surface area contributed by atoms with E-state index in [1.54, 1.807) is 14.1 Å². The highest BCUT2D eigenvalue weighted by atomic mass is 16.3. The molecule has 24 heavy (non-hydrogen) atoms. The Hall–Kier alpha value is -3.10. The largest absolute Gasteiger partial charge is 0.372 e. The first-order valence-corrected chi connectivity index (χ1v) is 7.50. The Balaban J connectivity index is 1.92. The Morgan fingerprint density at radius 3 is 2.79 bits per heavy atom. The van der Waals surface area contributed by atoms with Crippen LogP contribution in [0.15, 0.2) is 54.7 Å². The molecule has 0 saturated carbocycles. The molecule has 1 amide bonds. The van der Waals surface area contributed by atoms with Gasteiger partial charge in [-0.3, -0.25) is 4.79 Å². The minimum absolute atomic E-state index is 0.434. The summed E-state index contributed by atoms with van der Waals surface area (Å²) in [6, 6.07) is 15.5. The van der Waals surface area contributed by atoms with Gasteiger partial charge in [0.15, 0.2) is 6.10 Å². The van der Waals surface area contributed by atoms with Crippen molar-refractivity contribution < 1.29 is 9.90 Å². The second kappa shape index (κ2) is 6.57. The third-order valence-electron chi connectivity index (χ3n) is 3.60. The van der Waals surface area contributed by atoms with E-state index in [1.807, 2.05) is 59.4 Å². The van der Waals surface area contributed by atoms with Crippen molar-refractivity contribution in [1.82, 2.24) is 14.7 Å². The molecule has 1 N–H and O–H groups in total. The van der Waals surface area contributed by atoms with Crippen molar-refractivity contribution in [3.05, 3.63) is 60.3 Å². The van der Waals surface area contributed by atoms with Crippen molar-refractivity contribution in [3.8, 4) is 17.5 Å². The van der Waals surface area contributed by atoms with E-state index in [-0.39, 0.29) is 0 Å². The monoisotopic (exact) mass is 319 g/mol. The number of hydrogen-bond acceptors (Lipinski definition) is 3. The minimum Gasteiger partial charge on any atom is -0.372 e. The zero-order valence-electron chi connectivity index (χ0n) is 13.5. The zero-order valence-corrected chi connectivity index (χ0v) is 13.5. The topological polar surface area (TPSA) is 58.4 Å². The van der Waals surface area contributed by atoms with Crippen LogP contribution in [0.5, 0.6) is 0 Å². The van der Waals surface area contributed by atoms with Crippen LogP contribution in [0.25, 0.3) is 16.6 Å². The normalized spacial score (nSPS) is 11.6. The van der Waals surface area contributed by atoms with Gasteiger partial charge in [0.25, 0.3) is 5.91 Å². The van der Waals surface area contributed by atoms with Gasteiger partial charge in [-0.2, -0.15) is 5.10 Å². The molecule has 0 aliphatic carbocycles. The highest BCUT2D eigenvalue weighted by Gasteiger charge is 2.13. The fourth-order valence-electron chi connectivity index (χ4n) is 2.35. The van der Waals surface area contributed by atoms with E-state index in [0.29, 0.717) is 5.56 Å². The van der Waals surface area contributed by atoms with Gasteiger partial charge in [0.2, 0.25) is 0 Å². The van der Waals surface area contributed by atoms with Crippen molar-refractivity contribution in [1.29, 1.82) is 0 Å². The first-order valence-electron chi connectivity index (χ1n) is 7.50. The zero-order chi connectivity index (χ0) is 17.1. The lowest BCUT2D eigenvalue weighted by Gasteiger charge is -2.10. The number of likely N-dealkylation sites (N-methyl/N-ethyl adjacent to an activating group) is 1. The number of aliphatic hydroxyl groups is 1. The summed E-state index contributed by atoms with van der Waals surface area (Å²) in [7, 11) is 3.16. The Morgan fingerprint density at radius 2 is 2.00 bits per heavy atom. The quantitative estimate of drug-likeness (QED) is 0.733. The molecule has 0 bridgehead atoms. The van der Waals surface area contributed by atoms with Crippen LogP contribution in [0.3, 0.4) is 0 Å². The molecule has 0 fully saturated rings. The lowest BCUT2D eigenvalue weighted by Crippen LogP contribution is -2.32. The Morgan fingerprint density at radius 1 is 1.21 bits per heavy atom. The molecular weight excluding hydrogens is 302 g/mol. The Bertz CT molecular complexity index is 948. The highest BCUT2D eigenvalue weighted by molar-refractivity contribution is 5.83. The summed E-state index contributed by atoms with van der Waals surface area (Å²) in [4.78, 5) is 12.9. The maximum Gasteiger partial charge on any atom is 0.263 e. The maximum absolute atomic E-state index is 11.6. The van der Waals surface area contributed by atoms with E-state index in [0.717, 1.165) is 16.6 Å². The minimum atomic E-state index is -1.32. The molecule has 5 nitrogen and oxygen atoms in total. The number of carbonyl (C=O) groups is 1. The summed E-state index contributed by atoms with van der Waals surface area (Å²) in [6.07, 6.45) is 0.488. The number of aliphatic hydroxyl groups excluding tert-OH is 1. The van der Waals surface area contributed by atoms with Gasteiger partial charge in [-0.25, -0.2) is 4.68 Å². The molecule has 0 aliphatic heterocycles. The summed E-state index contributed by atoms with van der Waals surface area (Å²) in [5.41, 5.74) is 2.58. The van der Waals surface area contributed by atoms with E-state index in [4.69, 9.17) is 0 Å². The number of carbonyl (C=O) groups excluding carboxylic acids is 1. The predicted octanol–water partition coefficient (Wildman–Crippen LogP) is 1.83. The lowest BCUT2D eigenvalue weighted by molar-refractivity contribution is -0.134. The molecule has 5 heteroatoms. The van der Waals surface area contributed by atoms with Crippen LogP contribution in [0.4, 0.5) is 0 Å². The average molecular weight is 319 g/mol. The number of benzene rings is 2. The van der Waals surface area contributed by atoms with Crippen molar-refractivity contribution >= 4 is 16.8 Å². The van der Waals surface area contributed by atoms with E-state index in [9.17, 15) is 9.90 Å². The fraction of sp³-hybridized carbons (Fsp3) is 0.158. The van der Waals surface area contributed by atoms with Crippen molar-refractivity contribution in [2.75, 3.05) is 14.1 Å². The van der Waals surface area contributed by atoms with E-state index >= 15 is 0 Å². The van der Waals surface area contributed by atoms with E-state index in [2.05, 4.69) is 16.9 Å². The van der Waals surface area contributed by atoms with Crippen LogP contribution < -0.4 is 0 Å². The Labute approximate surface area is 140 Å². The van der Waals surface area contributed by atoms with Gasteiger partial charge in [0.1, 0.15) is 0 Å². The number of rotatable bonds is 2. The maximum atomic E-state index is 11.6. The van der Waals surface area contributed by atoms with E-state index < -0.39 is 12.0 Å². The molecule has 1 aromatic heterocycles. The molecule has 1 unspecified atom stereocenters. The van der Waals surface area contributed by atoms with Crippen LogP contribution in [-0.4, -0.2) is 45.9 Å². The molecule has 120 valence electrons. The molecule has 1 heterocycles. The number of nitrogens with zero attached hydrogens (tertiary/aromatic N) is 3. The molecule has 0 spiro atoms. The molecular formula is C19H17N3O2. The van der Waals surface area contributed by atoms with Gasteiger partial charge in [-0.1, -0.05) is 36.1 Å². The SMILES string of the molecule is CN(C)C(=O)C(O)C#Cc1cccc(-n2ncc3ccccc32)c1. The first-order chi connectivity index (χ1) is 11.6. The van der Waals surface area contributed by atoms with Gasteiger partial charge in [-0.15, -0.1) is 0 Å². The summed E-state index contributed by atoms with van der Waals surface area (Å²) in [5, 5.41) is 15.2. The summed E-state index contributed by atoms with van der Waals surface area (Å²) >= 11 is 0. The van der Waals surface area contributed by atoms with Crippen LogP contribution in [0, 0.1) is 11.8 Å². The second-order valence-corrected chi connectivity index (χ2v) is 5.57. The van der Waals surface area contributed by atoms with Crippen molar-refractivity contribution in [2.24, 2.45) is 0 Å². The lowest BCUT2D eigenvalue weighted by atomic mass is 10.2. The standard InChI is InChI=1S/C19H17N3O2/c1-21(2)19(24)18(23)11-10-14-6-5-8-16(12-14)22-17-9-4-3-7-15(17)13-20-22/h3-9,12-13,18,23H,1-2H3. The third kappa shape index (κ3) is 3.14. The van der Waals surface area contributed by atoms with Gasteiger partial charge < -0.3 is 10.0 Å². The van der Waals surface area contributed by atoms with Crippen molar-refractivity contribution in [3.63, 3.8) is 0 Å².